The van der Waals surface area contributed by atoms with Gasteiger partial charge in [0.2, 0.25) is 0 Å². The number of H-pyrrole nitrogens is 1. The van der Waals surface area contributed by atoms with Crippen molar-refractivity contribution in [2.45, 2.75) is 40.1 Å². The zero-order valence-electron chi connectivity index (χ0n) is 14.9. The van der Waals surface area contributed by atoms with Gasteiger partial charge in [0.15, 0.2) is 0 Å². The van der Waals surface area contributed by atoms with Gasteiger partial charge in [-0.2, -0.15) is 0 Å². The van der Waals surface area contributed by atoms with Gasteiger partial charge in [0, 0.05) is 10.9 Å². The molecule has 1 aliphatic carbocycles. The van der Waals surface area contributed by atoms with Crippen molar-refractivity contribution in [1.29, 1.82) is 0 Å². The number of aliphatic carboxylic acids is 1. The number of hydrogen-bond donors (Lipinski definition) is 4. The molecule has 1 aliphatic rings. The number of benzene rings is 1. The standard InChI is InChI=1S/C15H16N2O3.3CH3.H2O.Sn/c18-14(17-13(15(19)20)7-9-5-6-9)12-8-10-3-1-2-4-11(10)16-12;;;;;/h1-4,8-9,13,16H,5-7H2,(H,17,18)(H,19,20);3*1H3;1H2;/q;;;;;+1/p-1/t13-;;;;;/m0...../s1. The number of hydrogen-bond acceptors (Lipinski definition) is 3. The van der Waals surface area contributed by atoms with E-state index in [1.165, 1.54) is 0 Å². The van der Waals surface area contributed by atoms with Crippen molar-refractivity contribution in [3.05, 3.63) is 36.0 Å². The average Bonchev–Trinajstić information content (AvgIpc) is 3.20. The molecule has 1 aromatic heterocycles. The summed E-state index contributed by atoms with van der Waals surface area (Å²) in [5.41, 5.74) is 1.26. The molecule has 3 rings (SSSR count). The molecule has 2 aromatic rings. The van der Waals surface area contributed by atoms with Crippen LogP contribution >= 0.6 is 0 Å². The first-order valence-electron chi connectivity index (χ1n) is 8.47. The summed E-state index contributed by atoms with van der Waals surface area (Å²) < 4.78 is 8.73. The molecule has 0 saturated heterocycles. The Bertz CT molecular complexity index is 708. The van der Waals surface area contributed by atoms with E-state index < -0.39 is 30.8 Å². The van der Waals surface area contributed by atoms with Gasteiger partial charge in [-0.3, -0.25) is 4.79 Å². The molecule has 1 atom stereocenters. The number of nitrogens with one attached hydrogen (secondary N) is 2. The Morgan fingerprint density at radius 2 is 1.88 bits per heavy atom. The van der Waals surface area contributed by atoms with Crippen LogP contribution in [0.25, 0.3) is 10.9 Å². The number of carboxylic acids is 1. The summed E-state index contributed by atoms with van der Waals surface area (Å²) in [6.07, 6.45) is 2.64. The Kier molecular flexibility index (Phi) is 6.51. The SMILES string of the molecule is O=C(N[C@@H](CC1CC1)C(=O)O)c1cc2ccccc2[nH]1.[CH3][Sn]([CH3])([CH3])[OH]. The third-order valence-corrected chi connectivity index (χ3v) is 3.64. The van der Waals surface area contributed by atoms with E-state index in [2.05, 4.69) is 10.3 Å². The van der Waals surface area contributed by atoms with Crippen molar-refractivity contribution >= 4 is 41.6 Å². The fourth-order valence-electron chi connectivity index (χ4n) is 2.34. The molecule has 0 unspecified atom stereocenters. The number of aromatic amines is 1. The maximum atomic E-state index is 12.1. The minimum absolute atomic E-state index is 0.366. The Hall–Kier alpha value is -1.54. The fourth-order valence-corrected chi connectivity index (χ4v) is 2.34. The van der Waals surface area contributed by atoms with Crippen LogP contribution in [0.15, 0.2) is 30.3 Å². The van der Waals surface area contributed by atoms with Crippen molar-refractivity contribution in [1.82, 2.24) is 10.3 Å². The number of carboxylic acid groups (broad SMARTS) is 1. The molecule has 6 nitrogen and oxygen atoms in total. The zero-order chi connectivity index (χ0) is 18.6. The van der Waals surface area contributed by atoms with Gasteiger partial charge in [-0.1, -0.05) is 31.0 Å². The Morgan fingerprint density at radius 3 is 2.40 bits per heavy atom. The van der Waals surface area contributed by atoms with E-state index in [-0.39, 0.29) is 5.91 Å². The maximum absolute atomic E-state index is 12.1. The van der Waals surface area contributed by atoms with Gasteiger partial charge >= 0.3 is 43.0 Å². The van der Waals surface area contributed by atoms with Crippen molar-refractivity contribution in [2.75, 3.05) is 0 Å². The van der Waals surface area contributed by atoms with Gasteiger partial charge in [0.05, 0.1) is 0 Å². The quantitative estimate of drug-likeness (QED) is 0.523. The van der Waals surface area contributed by atoms with Gasteiger partial charge < -0.3 is 15.4 Å². The number of amides is 1. The Labute approximate surface area is 152 Å². The van der Waals surface area contributed by atoms with E-state index >= 15 is 0 Å². The third kappa shape index (κ3) is 7.07. The van der Waals surface area contributed by atoms with Crippen LogP contribution in [-0.4, -0.2) is 50.2 Å². The molecular weight excluding hydrogens is 427 g/mol. The molecule has 1 aromatic carbocycles. The summed E-state index contributed by atoms with van der Waals surface area (Å²) in [7, 11) is 0. The summed E-state index contributed by atoms with van der Waals surface area (Å²) in [5, 5.41) is 12.7. The van der Waals surface area contributed by atoms with Crippen LogP contribution in [0, 0.1) is 5.92 Å². The molecule has 0 radical (unpaired) electrons. The molecule has 7 heteroatoms. The second-order valence-electron chi connectivity index (χ2n) is 7.48. The second kappa shape index (κ2) is 8.23. The zero-order valence-corrected chi connectivity index (χ0v) is 17.7. The van der Waals surface area contributed by atoms with Crippen molar-refractivity contribution in [2.24, 2.45) is 5.92 Å². The van der Waals surface area contributed by atoms with Gasteiger partial charge in [-0.05, 0) is 24.5 Å². The van der Waals surface area contributed by atoms with Gasteiger partial charge in [-0.25, -0.2) is 4.79 Å². The fraction of sp³-hybridized carbons (Fsp3) is 0.444. The van der Waals surface area contributed by atoms with Gasteiger partial charge in [0.1, 0.15) is 11.7 Å². The third-order valence-electron chi connectivity index (χ3n) is 3.64. The molecule has 0 bridgehead atoms. The van der Waals surface area contributed by atoms with Crippen LogP contribution < -0.4 is 5.32 Å². The summed E-state index contributed by atoms with van der Waals surface area (Å²) in [4.78, 5) is 32.2. The molecule has 0 spiro atoms. The number of carbonyl (C=O) groups is 2. The number of fused-ring (bicyclic) bond motifs is 1. The molecule has 1 fully saturated rings. The van der Waals surface area contributed by atoms with Crippen LogP contribution in [0.2, 0.25) is 14.8 Å². The number of rotatable bonds is 5. The van der Waals surface area contributed by atoms with Crippen LogP contribution in [0.3, 0.4) is 0 Å². The van der Waals surface area contributed by atoms with E-state index in [9.17, 15) is 9.59 Å². The Morgan fingerprint density at radius 1 is 1.28 bits per heavy atom. The molecule has 25 heavy (non-hydrogen) atoms. The van der Waals surface area contributed by atoms with Crippen LogP contribution in [0.1, 0.15) is 29.8 Å². The molecule has 0 aliphatic heterocycles. The molecule has 1 amide bonds. The van der Waals surface area contributed by atoms with E-state index in [4.69, 9.17) is 8.55 Å². The van der Waals surface area contributed by atoms with Crippen molar-refractivity contribution < 1.29 is 18.1 Å². The van der Waals surface area contributed by atoms with Gasteiger partial charge in [-0.15, -0.1) is 0 Å². The van der Waals surface area contributed by atoms with Crippen LogP contribution in [0.4, 0.5) is 0 Å². The van der Waals surface area contributed by atoms with E-state index in [1.807, 2.05) is 39.1 Å². The average molecular weight is 453 g/mol. The van der Waals surface area contributed by atoms with E-state index in [1.54, 1.807) is 6.07 Å². The van der Waals surface area contributed by atoms with Crippen LogP contribution in [0.5, 0.6) is 0 Å². The number of aromatic nitrogens is 1. The number of carbonyl (C=O) groups excluding carboxylic acids is 1. The molecule has 1 saturated carbocycles. The minimum atomic E-state index is -2.18. The predicted molar refractivity (Wildman–Crippen MR) is 100 cm³/mol. The molecule has 136 valence electrons. The number of para-hydroxylation sites is 1. The van der Waals surface area contributed by atoms with E-state index in [0.717, 1.165) is 23.7 Å². The first-order valence-corrected chi connectivity index (χ1v) is 18.3. The molecule has 1 heterocycles. The second-order valence-corrected chi connectivity index (χ2v) is 19.9. The van der Waals surface area contributed by atoms with E-state index in [0.29, 0.717) is 18.0 Å². The van der Waals surface area contributed by atoms with Crippen LogP contribution in [-0.2, 0) is 4.79 Å². The van der Waals surface area contributed by atoms with Crippen molar-refractivity contribution in [3.8, 4) is 0 Å². The predicted octanol–water partition coefficient (Wildman–Crippen LogP) is 2.96. The normalized spacial score (nSPS) is 15.2. The summed E-state index contributed by atoms with van der Waals surface area (Å²) >= 11 is -2.18. The van der Waals surface area contributed by atoms with Gasteiger partial charge in [0.25, 0.3) is 5.91 Å². The Balaban J connectivity index is 0.000000399. The molecular formula is C18H26N2O4Sn. The first kappa shape index (κ1) is 19.8. The topological polar surface area (TPSA) is 102 Å². The summed E-state index contributed by atoms with van der Waals surface area (Å²) in [6, 6.07) is 8.49. The summed E-state index contributed by atoms with van der Waals surface area (Å²) in [5.74, 6) is -0.894. The summed E-state index contributed by atoms with van der Waals surface area (Å²) in [6.45, 7) is 0. The monoisotopic (exact) mass is 454 g/mol. The molecule has 4 N–H and O–H groups in total. The first-order chi connectivity index (χ1) is 11.6. The van der Waals surface area contributed by atoms with Crippen molar-refractivity contribution in [3.63, 3.8) is 0 Å².